The molecule has 2 aromatic heterocycles. The highest BCUT2D eigenvalue weighted by Crippen LogP contribution is 2.24. The zero-order chi connectivity index (χ0) is 23.9. The van der Waals surface area contributed by atoms with E-state index in [1.54, 1.807) is 30.5 Å². The van der Waals surface area contributed by atoms with Crippen molar-refractivity contribution < 1.29 is 13.6 Å². The van der Waals surface area contributed by atoms with Crippen LogP contribution >= 0.6 is 23.2 Å². The SMILES string of the molecule is O=C(NCc1ccccn1)c1coc(CN(Cc2ccc(F)cc2)Cc2ccc(Cl)c(Cl)c2)n1. The van der Waals surface area contributed by atoms with E-state index in [4.69, 9.17) is 27.6 Å². The first-order chi connectivity index (χ1) is 16.5. The van der Waals surface area contributed by atoms with Gasteiger partial charge in [0.15, 0.2) is 5.69 Å². The molecular formula is C25H21Cl2FN4O2. The summed E-state index contributed by atoms with van der Waals surface area (Å²) in [6.45, 7) is 1.63. The van der Waals surface area contributed by atoms with E-state index in [0.717, 1.165) is 16.8 Å². The lowest BCUT2D eigenvalue weighted by Gasteiger charge is -2.21. The van der Waals surface area contributed by atoms with Gasteiger partial charge in [-0.2, -0.15) is 0 Å². The van der Waals surface area contributed by atoms with E-state index in [2.05, 4.69) is 15.3 Å². The number of nitrogens with one attached hydrogen (secondary N) is 1. The molecule has 0 bridgehead atoms. The number of rotatable bonds is 9. The van der Waals surface area contributed by atoms with Crippen LogP contribution in [0.2, 0.25) is 10.0 Å². The maximum atomic E-state index is 13.3. The summed E-state index contributed by atoms with van der Waals surface area (Å²) < 4.78 is 18.9. The molecule has 0 saturated carbocycles. The molecule has 2 heterocycles. The van der Waals surface area contributed by atoms with Crippen LogP contribution in [0.15, 0.2) is 77.5 Å². The van der Waals surface area contributed by atoms with Crippen LogP contribution in [0.1, 0.15) is 33.2 Å². The maximum absolute atomic E-state index is 13.3. The van der Waals surface area contributed by atoms with E-state index in [-0.39, 0.29) is 24.0 Å². The summed E-state index contributed by atoms with van der Waals surface area (Å²) in [6.07, 6.45) is 3.00. The van der Waals surface area contributed by atoms with E-state index in [9.17, 15) is 9.18 Å². The molecule has 0 aliphatic carbocycles. The molecule has 4 rings (SSSR count). The lowest BCUT2D eigenvalue weighted by molar-refractivity contribution is 0.0945. The van der Waals surface area contributed by atoms with Gasteiger partial charge in [0.05, 0.1) is 28.8 Å². The number of carbonyl (C=O) groups is 1. The molecule has 0 atom stereocenters. The van der Waals surface area contributed by atoms with Crippen molar-refractivity contribution in [3.8, 4) is 0 Å². The van der Waals surface area contributed by atoms with Crippen molar-refractivity contribution in [1.29, 1.82) is 0 Å². The summed E-state index contributed by atoms with van der Waals surface area (Å²) in [5.74, 6) is -0.269. The predicted octanol–water partition coefficient (Wildman–Crippen LogP) is 5.65. The van der Waals surface area contributed by atoms with Crippen LogP contribution in [0.5, 0.6) is 0 Å². The van der Waals surface area contributed by atoms with Crippen LogP contribution < -0.4 is 5.32 Å². The first-order valence-electron chi connectivity index (χ1n) is 10.5. The number of oxazole rings is 1. The molecule has 0 spiro atoms. The Morgan fingerprint density at radius 2 is 1.74 bits per heavy atom. The minimum Gasteiger partial charge on any atom is -0.447 e. The maximum Gasteiger partial charge on any atom is 0.273 e. The quantitative estimate of drug-likeness (QED) is 0.323. The molecule has 2 aromatic carbocycles. The standard InChI is InChI=1S/C25H21Cl2FN4O2/c26-21-9-6-18(11-22(21)27)14-32(13-17-4-7-19(28)8-5-17)15-24-31-23(16-34-24)25(33)30-12-20-3-1-2-10-29-20/h1-11,16H,12-15H2,(H,30,33). The Morgan fingerprint density at radius 1 is 0.971 bits per heavy atom. The third kappa shape index (κ3) is 6.63. The molecule has 0 unspecified atom stereocenters. The molecule has 0 fully saturated rings. The van der Waals surface area contributed by atoms with Gasteiger partial charge in [0, 0.05) is 19.3 Å². The van der Waals surface area contributed by atoms with Gasteiger partial charge in [-0.3, -0.25) is 14.7 Å². The Morgan fingerprint density at radius 3 is 2.47 bits per heavy atom. The molecule has 0 aliphatic rings. The van der Waals surface area contributed by atoms with Crippen molar-refractivity contribution in [2.24, 2.45) is 0 Å². The molecule has 174 valence electrons. The lowest BCUT2D eigenvalue weighted by Crippen LogP contribution is -2.24. The minimum atomic E-state index is -0.352. The molecular weight excluding hydrogens is 478 g/mol. The topological polar surface area (TPSA) is 71.3 Å². The Bertz CT molecular complexity index is 1250. The van der Waals surface area contributed by atoms with Gasteiger partial charge in [-0.05, 0) is 47.5 Å². The highest BCUT2D eigenvalue weighted by Gasteiger charge is 2.16. The molecule has 6 nitrogen and oxygen atoms in total. The van der Waals surface area contributed by atoms with Gasteiger partial charge in [0.1, 0.15) is 12.1 Å². The molecule has 4 aromatic rings. The third-order valence-corrected chi connectivity index (χ3v) is 5.75. The monoisotopic (exact) mass is 498 g/mol. The number of halogens is 3. The van der Waals surface area contributed by atoms with Crippen molar-refractivity contribution in [3.63, 3.8) is 0 Å². The summed E-state index contributed by atoms with van der Waals surface area (Å²) in [7, 11) is 0. The Kier molecular flexibility index (Phi) is 7.90. The third-order valence-electron chi connectivity index (χ3n) is 5.01. The van der Waals surface area contributed by atoms with Crippen LogP contribution in [0, 0.1) is 5.82 Å². The van der Waals surface area contributed by atoms with Gasteiger partial charge in [-0.15, -0.1) is 0 Å². The van der Waals surface area contributed by atoms with Gasteiger partial charge in [0.2, 0.25) is 5.89 Å². The molecule has 9 heteroatoms. The van der Waals surface area contributed by atoms with E-state index in [1.165, 1.54) is 18.4 Å². The van der Waals surface area contributed by atoms with Crippen LogP contribution in [0.4, 0.5) is 4.39 Å². The van der Waals surface area contributed by atoms with Crippen LogP contribution in [0.3, 0.4) is 0 Å². The van der Waals surface area contributed by atoms with E-state index >= 15 is 0 Å². The van der Waals surface area contributed by atoms with Crippen LogP contribution in [0.25, 0.3) is 0 Å². The van der Waals surface area contributed by atoms with Crippen LogP contribution in [-0.4, -0.2) is 20.8 Å². The van der Waals surface area contributed by atoms with Crippen molar-refractivity contribution in [2.75, 3.05) is 0 Å². The second-order valence-electron chi connectivity index (χ2n) is 7.65. The van der Waals surface area contributed by atoms with Crippen LogP contribution in [-0.2, 0) is 26.2 Å². The highest BCUT2D eigenvalue weighted by atomic mass is 35.5. The molecule has 0 aliphatic heterocycles. The highest BCUT2D eigenvalue weighted by molar-refractivity contribution is 6.42. The fourth-order valence-electron chi connectivity index (χ4n) is 3.36. The lowest BCUT2D eigenvalue weighted by atomic mass is 10.1. The second-order valence-corrected chi connectivity index (χ2v) is 8.46. The first-order valence-corrected chi connectivity index (χ1v) is 11.2. The average Bonchev–Trinajstić information content (AvgIpc) is 3.30. The second kappa shape index (κ2) is 11.2. The number of hydrogen-bond donors (Lipinski definition) is 1. The summed E-state index contributed by atoms with van der Waals surface area (Å²) >= 11 is 12.2. The smallest absolute Gasteiger partial charge is 0.273 e. The van der Waals surface area contributed by atoms with E-state index < -0.39 is 0 Å². The van der Waals surface area contributed by atoms with Crippen molar-refractivity contribution in [1.82, 2.24) is 20.2 Å². The first kappa shape index (κ1) is 23.9. The Hall–Kier alpha value is -3.26. The number of aromatic nitrogens is 2. The Balaban J connectivity index is 1.45. The Labute approximate surface area is 206 Å². The van der Waals surface area contributed by atoms with Gasteiger partial charge < -0.3 is 9.73 Å². The normalized spacial score (nSPS) is 11.1. The number of hydrogen-bond acceptors (Lipinski definition) is 5. The largest absolute Gasteiger partial charge is 0.447 e. The number of amides is 1. The van der Waals surface area contributed by atoms with Gasteiger partial charge in [-0.25, -0.2) is 9.37 Å². The number of benzene rings is 2. The molecule has 1 N–H and O–H groups in total. The summed E-state index contributed by atoms with van der Waals surface area (Å²) in [5.41, 5.74) is 2.78. The van der Waals surface area contributed by atoms with Gasteiger partial charge >= 0.3 is 0 Å². The molecule has 0 saturated heterocycles. The molecule has 34 heavy (non-hydrogen) atoms. The van der Waals surface area contributed by atoms with Gasteiger partial charge in [-0.1, -0.05) is 47.5 Å². The number of nitrogens with zero attached hydrogens (tertiary/aromatic N) is 3. The zero-order valence-corrected chi connectivity index (χ0v) is 19.6. The van der Waals surface area contributed by atoms with Crippen molar-refractivity contribution in [3.05, 3.63) is 117 Å². The summed E-state index contributed by atoms with van der Waals surface area (Å²) in [5, 5.41) is 3.72. The van der Waals surface area contributed by atoms with Gasteiger partial charge in [0.25, 0.3) is 5.91 Å². The fourth-order valence-corrected chi connectivity index (χ4v) is 3.68. The zero-order valence-electron chi connectivity index (χ0n) is 18.0. The minimum absolute atomic E-state index is 0.183. The van der Waals surface area contributed by atoms with Crippen molar-refractivity contribution in [2.45, 2.75) is 26.2 Å². The predicted molar refractivity (Wildman–Crippen MR) is 128 cm³/mol. The fraction of sp³-hybridized carbons (Fsp3) is 0.160. The number of pyridine rings is 1. The summed E-state index contributed by atoms with van der Waals surface area (Å²) in [6, 6.07) is 17.2. The summed E-state index contributed by atoms with van der Waals surface area (Å²) in [4.78, 5) is 23.0. The number of carbonyl (C=O) groups excluding carboxylic acids is 1. The van der Waals surface area contributed by atoms with E-state index in [0.29, 0.717) is 35.6 Å². The van der Waals surface area contributed by atoms with Crippen molar-refractivity contribution >= 4 is 29.1 Å². The molecule has 0 radical (unpaired) electrons. The van der Waals surface area contributed by atoms with E-state index in [1.807, 2.05) is 29.2 Å². The molecule has 1 amide bonds. The average molecular weight is 499 g/mol.